The minimum Gasteiger partial charge on any atom is -0.384 e. The maximum atomic E-state index is 12.6. The summed E-state index contributed by atoms with van der Waals surface area (Å²) >= 11 is 0. The summed E-state index contributed by atoms with van der Waals surface area (Å²) in [7, 11) is 0. The van der Waals surface area contributed by atoms with Gasteiger partial charge in [-0.15, -0.1) is 0 Å². The predicted molar refractivity (Wildman–Crippen MR) is 104 cm³/mol. The van der Waals surface area contributed by atoms with Crippen molar-refractivity contribution in [1.82, 2.24) is 25.6 Å². The van der Waals surface area contributed by atoms with Gasteiger partial charge in [-0.1, -0.05) is 0 Å². The number of carbonyl (C=O) groups is 1. The van der Waals surface area contributed by atoms with E-state index < -0.39 is 6.04 Å². The first-order valence-corrected chi connectivity index (χ1v) is 9.01. The molecule has 0 aliphatic carbocycles. The van der Waals surface area contributed by atoms with E-state index in [-0.39, 0.29) is 23.6 Å². The van der Waals surface area contributed by atoms with Gasteiger partial charge in [-0.25, -0.2) is 4.98 Å². The molecule has 2 aromatic heterocycles. The summed E-state index contributed by atoms with van der Waals surface area (Å²) in [5.41, 5.74) is 3.32. The molecule has 1 amide bonds. The van der Waals surface area contributed by atoms with Crippen molar-refractivity contribution < 1.29 is 4.79 Å². The van der Waals surface area contributed by atoms with Gasteiger partial charge in [0.1, 0.15) is 6.07 Å². The second-order valence-electron chi connectivity index (χ2n) is 6.86. The number of hydrogen-bond acceptors (Lipinski definition) is 6. The van der Waals surface area contributed by atoms with Crippen molar-refractivity contribution >= 4 is 17.7 Å². The highest BCUT2D eigenvalue weighted by Gasteiger charge is 2.18. The number of aromatic amines is 1. The first-order chi connectivity index (χ1) is 13.3. The van der Waals surface area contributed by atoms with Crippen molar-refractivity contribution in [2.24, 2.45) is 0 Å². The second-order valence-corrected chi connectivity index (χ2v) is 6.86. The van der Waals surface area contributed by atoms with Gasteiger partial charge in [0.2, 0.25) is 5.91 Å². The first kappa shape index (κ1) is 19.3. The summed E-state index contributed by atoms with van der Waals surface area (Å²) in [4.78, 5) is 36.4. The topological polar surface area (TPSA) is 124 Å². The van der Waals surface area contributed by atoms with Crippen LogP contribution in [0.1, 0.15) is 48.1 Å². The van der Waals surface area contributed by atoms with Gasteiger partial charge in [0.25, 0.3) is 5.56 Å². The number of rotatable bonds is 4. The summed E-state index contributed by atoms with van der Waals surface area (Å²) in [6.07, 6.45) is 3.27. The fraction of sp³-hybridized carbons (Fsp3) is 0.350. The monoisotopic (exact) mass is 378 g/mol. The van der Waals surface area contributed by atoms with Crippen LogP contribution in [0.5, 0.6) is 0 Å². The number of carbonyl (C=O) groups excluding carboxylic acids is 1. The average Bonchev–Trinajstić information content (AvgIpc) is 2.65. The van der Waals surface area contributed by atoms with E-state index >= 15 is 0 Å². The largest absolute Gasteiger partial charge is 0.384 e. The van der Waals surface area contributed by atoms with Gasteiger partial charge in [-0.2, -0.15) is 5.26 Å². The smallest absolute Gasteiger partial charge is 0.252 e. The van der Waals surface area contributed by atoms with E-state index in [0.717, 1.165) is 21.8 Å². The molecule has 0 aromatic carbocycles. The number of fused-ring (bicyclic) bond motifs is 1. The van der Waals surface area contributed by atoms with E-state index in [9.17, 15) is 9.59 Å². The maximum absolute atomic E-state index is 12.6. The Morgan fingerprint density at radius 1 is 1.39 bits per heavy atom. The summed E-state index contributed by atoms with van der Waals surface area (Å²) in [5, 5.41) is 16.8. The van der Waals surface area contributed by atoms with Gasteiger partial charge in [-0.3, -0.25) is 14.6 Å². The maximum Gasteiger partial charge on any atom is 0.252 e. The molecule has 2 aromatic rings. The van der Waals surface area contributed by atoms with Gasteiger partial charge in [0.05, 0.1) is 30.0 Å². The number of aromatic nitrogens is 3. The summed E-state index contributed by atoms with van der Waals surface area (Å²) < 4.78 is 0. The average molecular weight is 378 g/mol. The van der Waals surface area contributed by atoms with Crippen LogP contribution in [0, 0.1) is 25.2 Å². The van der Waals surface area contributed by atoms with E-state index in [1.807, 2.05) is 26.0 Å². The van der Waals surface area contributed by atoms with Crippen molar-refractivity contribution in [3.05, 3.63) is 55.3 Å². The molecular formula is C20H22N6O2. The number of H-pyrrole nitrogens is 1. The molecule has 3 rings (SSSR count). The molecule has 1 atom stereocenters. The highest BCUT2D eigenvalue weighted by molar-refractivity contribution is 5.79. The van der Waals surface area contributed by atoms with Gasteiger partial charge in [0.15, 0.2) is 5.69 Å². The van der Waals surface area contributed by atoms with Crippen molar-refractivity contribution in [1.29, 1.82) is 5.26 Å². The fourth-order valence-electron chi connectivity index (χ4n) is 3.48. The molecule has 0 saturated carbocycles. The van der Waals surface area contributed by atoms with E-state index in [4.69, 9.17) is 5.26 Å². The van der Waals surface area contributed by atoms with Crippen LogP contribution in [-0.4, -0.2) is 27.4 Å². The van der Waals surface area contributed by atoms with Crippen LogP contribution >= 0.6 is 0 Å². The number of pyridine rings is 1. The van der Waals surface area contributed by atoms with E-state index in [2.05, 4.69) is 25.6 Å². The van der Waals surface area contributed by atoms with E-state index in [1.165, 1.54) is 6.20 Å². The second kappa shape index (κ2) is 7.64. The Morgan fingerprint density at radius 2 is 2.14 bits per heavy atom. The lowest BCUT2D eigenvalue weighted by molar-refractivity contribution is -0.121. The van der Waals surface area contributed by atoms with Crippen molar-refractivity contribution in [3.63, 3.8) is 0 Å². The Labute approximate surface area is 162 Å². The Bertz CT molecular complexity index is 1170. The van der Waals surface area contributed by atoms with Crippen LogP contribution in [0.2, 0.25) is 0 Å². The third-order valence-electron chi connectivity index (χ3n) is 4.90. The minimum absolute atomic E-state index is 0.0452. The van der Waals surface area contributed by atoms with Crippen molar-refractivity contribution in [2.45, 2.75) is 40.2 Å². The number of nitriles is 1. The lowest BCUT2D eigenvalue weighted by atomic mass is 10.0. The third kappa shape index (κ3) is 3.64. The summed E-state index contributed by atoms with van der Waals surface area (Å²) in [5.74, 6) is -0.296. The molecule has 1 unspecified atom stereocenters. The molecule has 1 aliphatic rings. The lowest BCUT2D eigenvalue weighted by Crippen LogP contribution is -2.46. The Morgan fingerprint density at radius 3 is 2.86 bits per heavy atom. The molecule has 0 spiro atoms. The van der Waals surface area contributed by atoms with Gasteiger partial charge in [-0.05, 0) is 39.3 Å². The zero-order chi connectivity index (χ0) is 20.4. The van der Waals surface area contributed by atoms with Gasteiger partial charge in [0, 0.05) is 28.4 Å². The molecule has 8 nitrogen and oxygen atoms in total. The molecule has 3 heterocycles. The van der Waals surface area contributed by atoms with Gasteiger partial charge < -0.3 is 15.6 Å². The van der Waals surface area contributed by atoms with Crippen LogP contribution in [0.3, 0.4) is 0 Å². The first-order valence-electron chi connectivity index (χ1n) is 9.01. The Kier molecular flexibility index (Phi) is 5.27. The van der Waals surface area contributed by atoms with E-state index in [0.29, 0.717) is 23.5 Å². The Balaban J connectivity index is 1.87. The van der Waals surface area contributed by atoms with E-state index in [1.54, 1.807) is 13.8 Å². The molecule has 0 fully saturated rings. The predicted octanol–water partition coefficient (Wildman–Crippen LogP) is -0.415. The molecule has 144 valence electrons. The molecule has 0 bridgehead atoms. The Hall–Kier alpha value is -3.47. The quantitative estimate of drug-likeness (QED) is 0.664. The van der Waals surface area contributed by atoms with Crippen LogP contribution in [0.4, 0.5) is 0 Å². The highest BCUT2D eigenvalue weighted by atomic mass is 16.2. The lowest BCUT2D eigenvalue weighted by Gasteiger charge is -2.16. The molecular weight excluding hydrogens is 356 g/mol. The number of aryl methyl sites for hydroxylation is 1. The summed E-state index contributed by atoms with van der Waals surface area (Å²) in [6, 6.07) is 1.51. The minimum atomic E-state index is -0.436. The number of hydrogen-bond donors (Lipinski definition) is 3. The van der Waals surface area contributed by atoms with Crippen LogP contribution < -0.4 is 26.8 Å². The molecule has 0 saturated heterocycles. The van der Waals surface area contributed by atoms with Crippen molar-refractivity contribution in [2.75, 3.05) is 6.54 Å². The van der Waals surface area contributed by atoms with Crippen LogP contribution in [0.25, 0.3) is 11.8 Å². The standard InChI is InChI=1S/C20H22N6O2/c1-10-15(20(28)26-16-5-6-22-11(2)18(10)16)7-17(27)24-13(4)19-12(3)23-9-14(8-21)25-19/h5,9,13,22H,6-7H2,1-4H3,(H,24,27)(H,26,28). The number of amides is 1. The number of nitrogens with one attached hydrogen (secondary N) is 3. The zero-order valence-electron chi connectivity index (χ0n) is 16.3. The molecule has 28 heavy (non-hydrogen) atoms. The summed E-state index contributed by atoms with van der Waals surface area (Å²) in [6.45, 7) is 8.01. The molecule has 1 aliphatic heterocycles. The third-order valence-corrected chi connectivity index (χ3v) is 4.90. The number of nitrogens with zero attached hydrogens (tertiary/aromatic N) is 3. The van der Waals surface area contributed by atoms with Crippen molar-refractivity contribution in [3.8, 4) is 6.07 Å². The van der Waals surface area contributed by atoms with Gasteiger partial charge >= 0.3 is 0 Å². The normalized spacial score (nSPS) is 13.6. The molecule has 3 N–H and O–H groups in total. The van der Waals surface area contributed by atoms with Crippen LogP contribution in [-0.2, 0) is 11.2 Å². The SMILES string of the molecule is CC1=c2c(C)c(CC(=O)NC(C)c3nc(C#N)cnc3C)c(=O)[nH]c2=CCN1. The molecule has 8 heteroatoms. The fourth-order valence-corrected chi connectivity index (χ4v) is 3.48. The molecule has 0 radical (unpaired) electrons. The van der Waals surface area contributed by atoms with Crippen LogP contribution in [0.15, 0.2) is 11.0 Å². The zero-order valence-corrected chi connectivity index (χ0v) is 16.3. The highest BCUT2D eigenvalue weighted by Crippen LogP contribution is 2.13.